The summed E-state index contributed by atoms with van der Waals surface area (Å²) in [5.41, 5.74) is 2.07. The largest absolute Gasteiger partial charge is 0.483 e. The lowest BCUT2D eigenvalue weighted by molar-refractivity contribution is -0.132. The van der Waals surface area contributed by atoms with E-state index in [4.69, 9.17) is 4.74 Å². The second kappa shape index (κ2) is 10.4. The molecule has 156 valence electrons. The number of likely N-dealkylation sites (tertiary alicyclic amines) is 1. The van der Waals surface area contributed by atoms with E-state index in [-0.39, 0.29) is 24.4 Å². The molecule has 2 aromatic carbocycles. The average molecular weight is 400 g/mol. The summed E-state index contributed by atoms with van der Waals surface area (Å²) in [6.07, 6.45) is 2.15. The van der Waals surface area contributed by atoms with Crippen LogP contribution in [0.15, 0.2) is 48.5 Å². The Morgan fingerprint density at radius 3 is 2.52 bits per heavy atom. The zero-order valence-corrected chi connectivity index (χ0v) is 17.2. The van der Waals surface area contributed by atoms with Gasteiger partial charge < -0.3 is 19.9 Å². The number of hydrogen-bond acceptors (Lipinski definition) is 4. The second-order valence-corrected chi connectivity index (χ2v) is 7.65. The molecule has 1 heterocycles. The first kappa shape index (κ1) is 21.3. The summed E-state index contributed by atoms with van der Waals surface area (Å²) in [5.74, 6) is 0.554. The van der Waals surface area contributed by atoms with Crippen molar-refractivity contribution in [2.75, 3.05) is 40.3 Å². The molecule has 2 aromatic rings. The van der Waals surface area contributed by atoms with Crippen molar-refractivity contribution in [2.45, 2.75) is 25.4 Å². The van der Waals surface area contributed by atoms with Gasteiger partial charge in [-0.15, -0.1) is 0 Å². The minimum atomic E-state index is -0.228. The monoisotopic (exact) mass is 399 g/mol. The summed E-state index contributed by atoms with van der Waals surface area (Å²) in [6, 6.07) is 14.5. The quantitative estimate of drug-likeness (QED) is 0.703. The van der Waals surface area contributed by atoms with Crippen LogP contribution in [0.4, 0.5) is 4.39 Å². The van der Waals surface area contributed by atoms with E-state index in [1.54, 1.807) is 0 Å². The van der Waals surface area contributed by atoms with E-state index in [0.29, 0.717) is 13.1 Å². The lowest BCUT2D eigenvalue weighted by Gasteiger charge is -2.25. The molecule has 0 spiro atoms. The molecular weight excluding hydrogens is 369 g/mol. The van der Waals surface area contributed by atoms with Crippen molar-refractivity contribution in [1.82, 2.24) is 15.1 Å². The number of nitrogens with one attached hydrogen (secondary N) is 1. The fraction of sp³-hybridized carbons (Fsp3) is 0.435. The molecule has 1 aliphatic heterocycles. The first-order chi connectivity index (χ1) is 14.0. The topological polar surface area (TPSA) is 44.8 Å². The Morgan fingerprint density at radius 1 is 1.14 bits per heavy atom. The van der Waals surface area contributed by atoms with Gasteiger partial charge in [-0.2, -0.15) is 0 Å². The van der Waals surface area contributed by atoms with Crippen molar-refractivity contribution in [3.05, 3.63) is 65.5 Å². The number of likely N-dealkylation sites (N-methyl/N-ethyl adjacent to an activating group) is 1. The minimum Gasteiger partial charge on any atom is -0.483 e. The first-order valence-electron chi connectivity index (χ1n) is 10.2. The maximum atomic E-state index is 13.2. The standard InChI is InChI=1S/C23H30FN3O2/c1-26(2)21(18-9-11-20(24)12-10-18)16-25-15-19-7-3-4-8-22(19)29-17-23(28)27-13-5-6-14-27/h3-4,7-12,21,25H,5-6,13-17H2,1-2H3. The molecule has 1 saturated heterocycles. The van der Waals surface area contributed by atoms with Gasteiger partial charge in [0.25, 0.3) is 5.91 Å². The van der Waals surface area contributed by atoms with Crippen molar-refractivity contribution >= 4 is 5.91 Å². The summed E-state index contributed by atoms with van der Waals surface area (Å²) in [6.45, 7) is 3.08. The minimum absolute atomic E-state index is 0.0502. The average Bonchev–Trinajstić information content (AvgIpc) is 3.26. The number of halogens is 1. The SMILES string of the molecule is CN(C)C(CNCc1ccccc1OCC(=O)N1CCCC1)c1ccc(F)cc1. The molecule has 29 heavy (non-hydrogen) atoms. The Balaban J connectivity index is 1.55. The van der Waals surface area contributed by atoms with Crippen LogP contribution in [0.5, 0.6) is 5.75 Å². The van der Waals surface area contributed by atoms with Crippen LogP contribution in [0.25, 0.3) is 0 Å². The lowest BCUT2D eigenvalue weighted by atomic mass is 10.1. The van der Waals surface area contributed by atoms with Crippen LogP contribution in [0.3, 0.4) is 0 Å². The maximum absolute atomic E-state index is 13.2. The van der Waals surface area contributed by atoms with Crippen LogP contribution in [0.2, 0.25) is 0 Å². The summed E-state index contributed by atoms with van der Waals surface area (Å²) < 4.78 is 19.1. The van der Waals surface area contributed by atoms with Crippen molar-refractivity contribution in [1.29, 1.82) is 0 Å². The molecule has 1 unspecified atom stereocenters. The number of para-hydroxylation sites is 1. The van der Waals surface area contributed by atoms with Gasteiger partial charge in [-0.3, -0.25) is 4.79 Å². The Morgan fingerprint density at radius 2 is 1.83 bits per heavy atom. The van der Waals surface area contributed by atoms with Gasteiger partial charge in [-0.1, -0.05) is 30.3 Å². The van der Waals surface area contributed by atoms with Gasteiger partial charge >= 0.3 is 0 Å². The molecule has 1 N–H and O–H groups in total. The van der Waals surface area contributed by atoms with Gasteiger partial charge in [0.15, 0.2) is 6.61 Å². The van der Waals surface area contributed by atoms with Crippen molar-refractivity contribution in [2.24, 2.45) is 0 Å². The Hall–Kier alpha value is -2.44. The highest BCUT2D eigenvalue weighted by molar-refractivity contribution is 5.78. The predicted octanol–water partition coefficient (Wildman–Crippen LogP) is 3.22. The third-order valence-electron chi connectivity index (χ3n) is 5.31. The molecule has 0 aromatic heterocycles. The van der Waals surface area contributed by atoms with Crippen LogP contribution >= 0.6 is 0 Å². The highest BCUT2D eigenvalue weighted by Gasteiger charge is 2.19. The zero-order valence-electron chi connectivity index (χ0n) is 17.2. The number of ether oxygens (including phenoxy) is 1. The number of carbonyl (C=O) groups is 1. The highest BCUT2D eigenvalue weighted by atomic mass is 19.1. The Labute approximate surface area is 172 Å². The van der Waals surface area contributed by atoms with Crippen LogP contribution in [-0.2, 0) is 11.3 Å². The van der Waals surface area contributed by atoms with Gasteiger partial charge in [0.2, 0.25) is 0 Å². The summed E-state index contributed by atoms with van der Waals surface area (Å²) in [5, 5.41) is 3.47. The predicted molar refractivity (Wildman–Crippen MR) is 112 cm³/mol. The van der Waals surface area contributed by atoms with E-state index in [9.17, 15) is 9.18 Å². The number of carbonyl (C=O) groups excluding carboxylic acids is 1. The molecular formula is C23H30FN3O2. The number of nitrogens with zero attached hydrogens (tertiary/aromatic N) is 2. The van der Waals surface area contributed by atoms with E-state index < -0.39 is 0 Å². The molecule has 0 aliphatic carbocycles. The molecule has 0 bridgehead atoms. The van der Waals surface area contributed by atoms with Gasteiger partial charge in [0.1, 0.15) is 11.6 Å². The summed E-state index contributed by atoms with van der Waals surface area (Å²) >= 11 is 0. The number of hydrogen-bond donors (Lipinski definition) is 1. The smallest absolute Gasteiger partial charge is 0.260 e. The van der Waals surface area contributed by atoms with Crippen molar-refractivity contribution in [3.63, 3.8) is 0 Å². The van der Waals surface area contributed by atoms with Crippen LogP contribution in [0.1, 0.15) is 30.0 Å². The van der Waals surface area contributed by atoms with Gasteiger partial charge in [0.05, 0.1) is 0 Å². The summed E-state index contributed by atoms with van der Waals surface area (Å²) in [7, 11) is 4.02. The molecule has 1 amide bonds. The van der Waals surface area contributed by atoms with E-state index in [1.807, 2.05) is 55.4 Å². The molecule has 1 atom stereocenters. The zero-order chi connectivity index (χ0) is 20.6. The second-order valence-electron chi connectivity index (χ2n) is 7.65. The van der Waals surface area contributed by atoms with E-state index in [2.05, 4.69) is 10.2 Å². The Kier molecular flexibility index (Phi) is 7.61. The van der Waals surface area contributed by atoms with Crippen LogP contribution < -0.4 is 10.1 Å². The molecule has 6 heteroatoms. The number of rotatable bonds is 9. The third kappa shape index (κ3) is 6.02. The maximum Gasteiger partial charge on any atom is 0.260 e. The van der Waals surface area contributed by atoms with Gasteiger partial charge in [-0.05, 0) is 50.7 Å². The third-order valence-corrected chi connectivity index (χ3v) is 5.31. The molecule has 0 radical (unpaired) electrons. The fourth-order valence-corrected chi connectivity index (χ4v) is 3.62. The van der Waals surface area contributed by atoms with Crippen molar-refractivity contribution in [3.8, 4) is 5.75 Å². The summed E-state index contributed by atoms with van der Waals surface area (Å²) in [4.78, 5) is 16.2. The van der Waals surface area contributed by atoms with Gasteiger partial charge in [-0.25, -0.2) is 4.39 Å². The molecule has 1 aliphatic rings. The van der Waals surface area contributed by atoms with E-state index in [0.717, 1.165) is 42.8 Å². The molecule has 3 rings (SSSR count). The van der Waals surface area contributed by atoms with Gasteiger partial charge in [0, 0.05) is 37.8 Å². The Bertz CT molecular complexity index is 789. The highest BCUT2D eigenvalue weighted by Crippen LogP contribution is 2.21. The number of amides is 1. The molecule has 5 nitrogen and oxygen atoms in total. The normalized spacial score (nSPS) is 15.0. The number of benzene rings is 2. The van der Waals surface area contributed by atoms with E-state index >= 15 is 0 Å². The van der Waals surface area contributed by atoms with Crippen LogP contribution in [-0.4, -0.2) is 56.0 Å². The lowest BCUT2D eigenvalue weighted by Crippen LogP contribution is -2.32. The molecule has 0 saturated carbocycles. The fourth-order valence-electron chi connectivity index (χ4n) is 3.62. The van der Waals surface area contributed by atoms with Crippen molar-refractivity contribution < 1.29 is 13.9 Å². The van der Waals surface area contributed by atoms with E-state index in [1.165, 1.54) is 12.1 Å². The van der Waals surface area contributed by atoms with Crippen LogP contribution in [0, 0.1) is 5.82 Å². The first-order valence-corrected chi connectivity index (χ1v) is 10.2. The molecule has 1 fully saturated rings.